The quantitative estimate of drug-likeness (QED) is 0.664. The maximum atomic E-state index is 13.8. The molecule has 0 amide bonds. The Morgan fingerprint density at radius 3 is 2.00 bits per heavy atom. The minimum Gasteiger partial charge on any atom is -0.508 e. The molecule has 3 aromatic rings. The Morgan fingerprint density at radius 1 is 0.720 bits per heavy atom. The van der Waals surface area contributed by atoms with Crippen molar-refractivity contribution in [2.45, 2.75) is 11.8 Å². The zero-order chi connectivity index (χ0) is 17.8. The van der Waals surface area contributed by atoms with Crippen LogP contribution in [-0.2, 0) is 5.60 Å². The van der Waals surface area contributed by atoms with Crippen molar-refractivity contribution in [1.29, 1.82) is 0 Å². The van der Waals surface area contributed by atoms with Gasteiger partial charge in [-0.1, -0.05) is 48.5 Å². The molecule has 2 nitrogen and oxygen atoms in total. The molecule has 0 bridgehead atoms. The molecule has 1 unspecified atom stereocenters. The third-order valence-corrected chi connectivity index (χ3v) is 4.63. The molecule has 1 aliphatic rings. The molecule has 0 saturated heterocycles. The maximum Gasteiger partial charge on any atom is 0.425 e. The van der Waals surface area contributed by atoms with Crippen molar-refractivity contribution in [3.05, 3.63) is 77.9 Å². The lowest BCUT2D eigenvalue weighted by atomic mass is 9.89. The van der Waals surface area contributed by atoms with E-state index < -0.39 is 11.8 Å². The van der Waals surface area contributed by atoms with Gasteiger partial charge in [0.15, 0.2) is 0 Å². The third-order valence-electron chi connectivity index (χ3n) is 4.63. The highest BCUT2D eigenvalue weighted by atomic mass is 19.4. The Labute approximate surface area is 141 Å². The van der Waals surface area contributed by atoms with Crippen LogP contribution in [0, 0.1) is 0 Å². The summed E-state index contributed by atoms with van der Waals surface area (Å²) in [6, 6.07) is 16.9. The lowest BCUT2D eigenvalue weighted by Gasteiger charge is -2.28. The van der Waals surface area contributed by atoms with Crippen LogP contribution in [0.25, 0.3) is 22.3 Å². The van der Waals surface area contributed by atoms with Crippen molar-refractivity contribution in [3.63, 3.8) is 0 Å². The average molecular weight is 342 g/mol. The van der Waals surface area contributed by atoms with Gasteiger partial charge in [-0.05, 0) is 40.5 Å². The Bertz CT molecular complexity index is 961. The highest BCUT2D eigenvalue weighted by Gasteiger charge is 2.60. The van der Waals surface area contributed by atoms with Crippen molar-refractivity contribution < 1.29 is 23.4 Å². The second-order valence-corrected chi connectivity index (χ2v) is 6.06. The first kappa shape index (κ1) is 15.7. The monoisotopic (exact) mass is 342 g/mol. The molecular weight excluding hydrogens is 329 g/mol. The summed E-state index contributed by atoms with van der Waals surface area (Å²) in [6.07, 6.45) is -4.85. The van der Waals surface area contributed by atoms with E-state index in [1.807, 2.05) is 0 Å². The number of benzene rings is 3. The van der Waals surface area contributed by atoms with Gasteiger partial charge in [-0.15, -0.1) is 0 Å². The maximum absolute atomic E-state index is 13.8. The predicted molar refractivity (Wildman–Crippen MR) is 88.0 cm³/mol. The second-order valence-electron chi connectivity index (χ2n) is 6.06. The Morgan fingerprint density at radius 2 is 1.32 bits per heavy atom. The number of phenols is 1. The number of halogens is 3. The molecule has 0 fully saturated rings. The summed E-state index contributed by atoms with van der Waals surface area (Å²) in [6.45, 7) is 0. The first-order chi connectivity index (χ1) is 11.8. The minimum absolute atomic E-state index is 0.0733. The molecule has 2 N–H and O–H groups in total. The van der Waals surface area contributed by atoms with Crippen molar-refractivity contribution in [2.24, 2.45) is 0 Å². The summed E-state index contributed by atoms with van der Waals surface area (Å²) < 4.78 is 41.4. The van der Waals surface area contributed by atoms with E-state index in [0.29, 0.717) is 22.3 Å². The van der Waals surface area contributed by atoms with Crippen LogP contribution in [0.1, 0.15) is 11.1 Å². The molecule has 5 heteroatoms. The molecule has 0 spiro atoms. The van der Waals surface area contributed by atoms with Gasteiger partial charge in [-0.3, -0.25) is 0 Å². The van der Waals surface area contributed by atoms with E-state index in [1.165, 1.54) is 30.3 Å². The lowest BCUT2D eigenvalue weighted by molar-refractivity contribution is -0.246. The lowest BCUT2D eigenvalue weighted by Crippen LogP contribution is -2.41. The molecule has 3 aromatic carbocycles. The fraction of sp³-hybridized carbons (Fsp3) is 0.100. The molecular formula is C20H13F3O2. The van der Waals surface area contributed by atoms with Crippen molar-refractivity contribution in [3.8, 4) is 28.0 Å². The van der Waals surface area contributed by atoms with Crippen molar-refractivity contribution >= 4 is 0 Å². The van der Waals surface area contributed by atoms with Crippen LogP contribution in [-0.4, -0.2) is 16.4 Å². The standard InChI is InChI=1S/C20H13F3O2/c21-20(22,23)19(25)17-4-2-1-3-15(17)16-10-7-13(11-18(16)19)12-5-8-14(24)9-6-12/h1-11,24-25H. The minimum atomic E-state index is -4.85. The summed E-state index contributed by atoms with van der Waals surface area (Å²) in [4.78, 5) is 0. The van der Waals surface area contributed by atoms with Crippen LogP contribution in [0.5, 0.6) is 5.75 Å². The molecule has 4 rings (SSSR count). The Hall–Kier alpha value is -2.79. The Balaban J connectivity index is 1.97. The number of hydrogen-bond acceptors (Lipinski definition) is 2. The first-order valence-electron chi connectivity index (χ1n) is 7.65. The average Bonchev–Trinajstić information content (AvgIpc) is 2.86. The summed E-state index contributed by atoms with van der Waals surface area (Å²) >= 11 is 0. The topological polar surface area (TPSA) is 40.5 Å². The van der Waals surface area contributed by atoms with Gasteiger partial charge in [0.1, 0.15) is 5.75 Å². The molecule has 0 aliphatic heterocycles. The van der Waals surface area contributed by atoms with Gasteiger partial charge in [0.05, 0.1) is 0 Å². The van der Waals surface area contributed by atoms with E-state index in [1.54, 1.807) is 36.4 Å². The predicted octanol–water partition coefficient (Wildman–Crippen LogP) is 4.84. The molecule has 126 valence electrons. The fourth-order valence-electron chi connectivity index (χ4n) is 3.40. The largest absolute Gasteiger partial charge is 0.508 e. The smallest absolute Gasteiger partial charge is 0.425 e. The highest BCUT2D eigenvalue weighted by molar-refractivity contribution is 5.83. The molecule has 0 aromatic heterocycles. The van der Waals surface area contributed by atoms with Gasteiger partial charge in [0.25, 0.3) is 0 Å². The number of phenolic OH excluding ortho intramolecular Hbond substituents is 1. The highest BCUT2D eigenvalue weighted by Crippen LogP contribution is 2.55. The summed E-state index contributed by atoms with van der Waals surface area (Å²) in [5.74, 6) is 0.0733. The molecule has 0 radical (unpaired) electrons. The van der Waals surface area contributed by atoms with Gasteiger partial charge >= 0.3 is 6.18 Å². The van der Waals surface area contributed by atoms with E-state index in [4.69, 9.17) is 0 Å². The zero-order valence-corrected chi connectivity index (χ0v) is 12.9. The van der Waals surface area contributed by atoms with E-state index >= 15 is 0 Å². The number of rotatable bonds is 1. The van der Waals surface area contributed by atoms with Gasteiger partial charge < -0.3 is 10.2 Å². The normalized spacial score (nSPS) is 18.7. The van der Waals surface area contributed by atoms with Crippen molar-refractivity contribution in [2.75, 3.05) is 0 Å². The van der Waals surface area contributed by atoms with Crippen LogP contribution in [0.15, 0.2) is 66.7 Å². The molecule has 1 atom stereocenters. The fourth-order valence-corrected chi connectivity index (χ4v) is 3.40. The number of aromatic hydroxyl groups is 1. The van der Waals surface area contributed by atoms with Gasteiger partial charge in [0, 0.05) is 11.1 Å². The third kappa shape index (κ3) is 2.16. The summed E-state index contributed by atoms with van der Waals surface area (Å²) in [5, 5.41) is 20.1. The SMILES string of the molecule is Oc1ccc(-c2ccc3c(c2)C(O)(C(F)(F)F)c2ccccc2-3)cc1. The Kier molecular flexibility index (Phi) is 3.21. The molecule has 0 heterocycles. The van der Waals surface area contributed by atoms with Crippen LogP contribution >= 0.6 is 0 Å². The summed E-state index contributed by atoms with van der Waals surface area (Å²) in [7, 11) is 0. The molecule has 25 heavy (non-hydrogen) atoms. The van der Waals surface area contributed by atoms with E-state index in [2.05, 4.69) is 0 Å². The van der Waals surface area contributed by atoms with E-state index in [0.717, 1.165) is 0 Å². The summed E-state index contributed by atoms with van der Waals surface area (Å²) in [5.41, 5.74) is -1.42. The van der Waals surface area contributed by atoms with E-state index in [9.17, 15) is 23.4 Å². The van der Waals surface area contributed by atoms with Crippen molar-refractivity contribution in [1.82, 2.24) is 0 Å². The van der Waals surface area contributed by atoms with Gasteiger partial charge in [-0.2, -0.15) is 13.2 Å². The van der Waals surface area contributed by atoms with E-state index in [-0.39, 0.29) is 16.9 Å². The van der Waals surface area contributed by atoms with Crippen LogP contribution in [0.2, 0.25) is 0 Å². The van der Waals surface area contributed by atoms with Crippen LogP contribution in [0.4, 0.5) is 13.2 Å². The number of hydrogen-bond donors (Lipinski definition) is 2. The number of fused-ring (bicyclic) bond motifs is 3. The first-order valence-corrected chi connectivity index (χ1v) is 7.65. The van der Waals surface area contributed by atoms with Crippen LogP contribution < -0.4 is 0 Å². The number of aliphatic hydroxyl groups is 1. The van der Waals surface area contributed by atoms with Gasteiger partial charge in [0.2, 0.25) is 5.60 Å². The molecule has 1 aliphatic carbocycles. The van der Waals surface area contributed by atoms with Gasteiger partial charge in [-0.25, -0.2) is 0 Å². The van der Waals surface area contributed by atoms with Crippen LogP contribution in [0.3, 0.4) is 0 Å². The number of alkyl halides is 3. The molecule has 0 saturated carbocycles. The second kappa shape index (κ2) is 5.10. The zero-order valence-electron chi connectivity index (χ0n) is 12.9.